The lowest BCUT2D eigenvalue weighted by atomic mass is 9.47. The molecule has 0 aromatic heterocycles. The van der Waals surface area contributed by atoms with Gasteiger partial charge in [0.1, 0.15) is 6.10 Å². The molecule has 1 saturated carbocycles. The fourth-order valence-corrected chi connectivity index (χ4v) is 6.13. The third kappa shape index (κ3) is 1.40. The van der Waals surface area contributed by atoms with Crippen molar-refractivity contribution >= 4 is 0 Å². The summed E-state index contributed by atoms with van der Waals surface area (Å²) in [4.78, 5) is 2.29. The van der Waals surface area contributed by atoms with Gasteiger partial charge in [-0.15, -0.1) is 0 Å². The zero-order valence-electron chi connectivity index (χ0n) is 14.5. The highest BCUT2D eigenvalue weighted by Crippen LogP contribution is 2.66. The Morgan fingerprint density at radius 1 is 1.25 bits per heavy atom. The quantitative estimate of drug-likeness (QED) is 0.810. The summed E-state index contributed by atoms with van der Waals surface area (Å²) in [5, 5.41) is 23.0. The molecule has 1 saturated heterocycles. The number of ether oxygens (including phenoxy) is 2. The highest BCUT2D eigenvalue weighted by Gasteiger charge is 2.74. The zero-order chi connectivity index (χ0) is 16.9. The van der Waals surface area contributed by atoms with Crippen molar-refractivity contribution in [3.05, 3.63) is 23.3 Å². The Hall–Kier alpha value is -1.30. The Morgan fingerprint density at radius 3 is 2.79 bits per heavy atom. The van der Waals surface area contributed by atoms with E-state index >= 15 is 0 Å². The molecule has 5 rings (SSSR count). The first-order valence-corrected chi connectivity index (χ1v) is 8.87. The SMILES string of the molecule is COc1ccc2c3c1O[C@H]1C(C)(O)CC[C@@]4(O)C(C2)N(C)CCC314. The molecule has 0 radical (unpaired) electrons. The minimum atomic E-state index is -0.953. The van der Waals surface area contributed by atoms with E-state index in [-0.39, 0.29) is 6.04 Å². The Balaban J connectivity index is 1.85. The van der Waals surface area contributed by atoms with E-state index in [2.05, 4.69) is 18.0 Å². The standard InChI is InChI=1S/C19H25NO4/c1-17(21)6-7-19(22)13-10-11-4-5-12(23-3)15-14(11)18(19,16(17)24-15)8-9-20(13)2/h4-5,13,16,21-22H,6-10H2,1-3H3/t13?,16-,17?,18?,19+/m0/s1. The maximum absolute atomic E-state index is 11.9. The zero-order valence-corrected chi connectivity index (χ0v) is 14.5. The van der Waals surface area contributed by atoms with Gasteiger partial charge in [0.15, 0.2) is 11.5 Å². The topological polar surface area (TPSA) is 62.2 Å². The molecule has 2 bridgehead atoms. The number of hydrogen-bond acceptors (Lipinski definition) is 5. The molecule has 0 amide bonds. The summed E-state index contributed by atoms with van der Waals surface area (Å²) in [7, 11) is 3.74. The van der Waals surface area contributed by atoms with Gasteiger partial charge >= 0.3 is 0 Å². The lowest BCUT2D eigenvalue weighted by Crippen LogP contribution is -2.78. The van der Waals surface area contributed by atoms with Gasteiger partial charge in [-0.1, -0.05) is 6.07 Å². The molecule has 2 N–H and O–H groups in total. The minimum absolute atomic E-state index is 0.0697. The largest absolute Gasteiger partial charge is 0.493 e. The monoisotopic (exact) mass is 331 g/mol. The maximum Gasteiger partial charge on any atom is 0.166 e. The van der Waals surface area contributed by atoms with E-state index < -0.39 is 22.7 Å². The highest BCUT2D eigenvalue weighted by molar-refractivity contribution is 5.63. The molecule has 5 atom stereocenters. The smallest absolute Gasteiger partial charge is 0.166 e. The predicted octanol–water partition coefficient (Wildman–Crippen LogP) is 1.23. The molecule has 5 heteroatoms. The van der Waals surface area contributed by atoms with Crippen molar-refractivity contribution in [2.45, 2.75) is 61.4 Å². The van der Waals surface area contributed by atoms with Crippen LogP contribution >= 0.6 is 0 Å². The Morgan fingerprint density at radius 2 is 2.04 bits per heavy atom. The van der Waals surface area contributed by atoms with Crippen LogP contribution in [0.3, 0.4) is 0 Å². The average molecular weight is 331 g/mol. The van der Waals surface area contributed by atoms with Crippen molar-refractivity contribution < 1.29 is 19.7 Å². The summed E-state index contributed by atoms with van der Waals surface area (Å²) < 4.78 is 11.9. The number of piperidine rings is 1. The first kappa shape index (κ1) is 15.0. The van der Waals surface area contributed by atoms with Gasteiger partial charge in [0.25, 0.3) is 0 Å². The highest BCUT2D eigenvalue weighted by atomic mass is 16.5. The molecule has 1 aromatic carbocycles. The van der Waals surface area contributed by atoms with Gasteiger partial charge in [-0.3, -0.25) is 0 Å². The summed E-state index contributed by atoms with van der Waals surface area (Å²) in [6.45, 7) is 2.75. The molecule has 24 heavy (non-hydrogen) atoms. The maximum atomic E-state index is 11.9. The van der Waals surface area contributed by atoms with Crippen LogP contribution in [-0.4, -0.2) is 59.2 Å². The molecule has 2 aliphatic heterocycles. The number of aliphatic hydroxyl groups is 2. The number of likely N-dealkylation sites (N-methyl/N-ethyl adjacent to an activating group) is 1. The molecule has 2 aliphatic carbocycles. The summed E-state index contributed by atoms with van der Waals surface area (Å²) in [5.41, 5.74) is -0.0300. The first-order valence-electron chi connectivity index (χ1n) is 8.87. The van der Waals surface area contributed by atoms with E-state index in [9.17, 15) is 10.2 Å². The average Bonchev–Trinajstić information content (AvgIpc) is 2.91. The van der Waals surface area contributed by atoms with Gasteiger partial charge < -0.3 is 24.6 Å². The van der Waals surface area contributed by atoms with Gasteiger partial charge in [0.05, 0.1) is 23.7 Å². The molecular weight excluding hydrogens is 306 g/mol. The molecule has 2 heterocycles. The van der Waals surface area contributed by atoms with E-state index in [4.69, 9.17) is 9.47 Å². The van der Waals surface area contributed by atoms with Crippen LogP contribution in [0.5, 0.6) is 11.5 Å². The van der Waals surface area contributed by atoms with Gasteiger partial charge in [0, 0.05) is 11.6 Å². The van der Waals surface area contributed by atoms with Crippen molar-refractivity contribution in [3.63, 3.8) is 0 Å². The molecule has 130 valence electrons. The number of methoxy groups -OCH3 is 1. The van der Waals surface area contributed by atoms with Crippen LogP contribution < -0.4 is 9.47 Å². The Bertz CT molecular complexity index is 732. The van der Waals surface area contributed by atoms with Crippen LogP contribution in [0.1, 0.15) is 37.3 Å². The lowest BCUT2D eigenvalue weighted by molar-refractivity contribution is -0.228. The Kier molecular flexibility index (Phi) is 2.66. The van der Waals surface area contributed by atoms with Crippen LogP contribution in [0.4, 0.5) is 0 Å². The third-order valence-electron chi connectivity index (χ3n) is 7.26. The summed E-state index contributed by atoms with van der Waals surface area (Å²) in [6.07, 6.45) is 2.34. The van der Waals surface area contributed by atoms with Crippen LogP contribution in [0.2, 0.25) is 0 Å². The second-order valence-electron chi connectivity index (χ2n) is 8.33. The summed E-state index contributed by atoms with van der Waals surface area (Å²) in [6, 6.07) is 4.14. The van der Waals surface area contributed by atoms with E-state index in [1.165, 1.54) is 5.56 Å². The van der Waals surface area contributed by atoms with Gasteiger partial charge in [-0.25, -0.2) is 0 Å². The predicted molar refractivity (Wildman–Crippen MR) is 88.6 cm³/mol. The number of likely N-dealkylation sites (tertiary alicyclic amines) is 1. The number of rotatable bonds is 1. The second kappa shape index (κ2) is 4.26. The number of hydrogen-bond donors (Lipinski definition) is 2. The van der Waals surface area contributed by atoms with Crippen LogP contribution in [0.25, 0.3) is 0 Å². The molecule has 2 fully saturated rings. The van der Waals surface area contributed by atoms with Crippen LogP contribution in [0, 0.1) is 0 Å². The molecule has 1 aromatic rings. The Labute approximate surface area is 142 Å². The number of benzene rings is 1. The van der Waals surface area contributed by atoms with Crippen molar-refractivity contribution in [1.29, 1.82) is 0 Å². The minimum Gasteiger partial charge on any atom is -0.493 e. The van der Waals surface area contributed by atoms with Gasteiger partial charge in [-0.05, 0) is 57.8 Å². The normalized spacial score (nSPS) is 45.5. The molecule has 5 nitrogen and oxygen atoms in total. The molecular formula is C19H25NO4. The van der Waals surface area contributed by atoms with Crippen molar-refractivity contribution in [1.82, 2.24) is 4.90 Å². The van der Waals surface area contributed by atoms with Crippen molar-refractivity contribution in [2.24, 2.45) is 0 Å². The lowest BCUT2D eigenvalue weighted by Gasteiger charge is -2.64. The third-order valence-corrected chi connectivity index (χ3v) is 7.26. The number of nitrogens with zero attached hydrogens (tertiary/aromatic N) is 1. The van der Waals surface area contributed by atoms with E-state index in [1.54, 1.807) is 7.11 Å². The molecule has 1 spiro atoms. The van der Waals surface area contributed by atoms with Crippen LogP contribution in [-0.2, 0) is 11.8 Å². The fourth-order valence-electron chi connectivity index (χ4n) is 6.13. The van der Waals surface area contributed by atoms with Gasteiger partial charge in [-0.2, -0.15) is 0 Å². The van der Waals surface area contributed by atoms with Crippen molar-refractivity contribution in [3.8, 4) is 11.5 Å². The van der Waals surface area contributed by atoms with Crippen LogP contribution in [0.15, 0.2) is 12.1 Å². The van der Waals surface area contributed by atoms with E-state index in [0.29, 0.717) is 18.6 Å². The molecule has 4 aliphatic rings. The van der Waals surface area contributed by atoms with E-state index in [1.807, 2.05) is 13.0 Å². The summed E-state index contributed by atoms with van der Waals surface area (Å²) in [5.74, 6) is 1.44. The second-order valence-corrected chi connectivity index (χ2v) is 8.33. The molecule has 3 unspecified atom stereocenters. The first-order chi connectivity index (χ1) is 11.3. The van der Waals surface area contributed by atoms with E-state index in [0.717, 1.165) is 30.7 Å². The fraction of sp³-hybridized carbons (Fsp3) is 0.684. The van der Waals surface area contributed by atoms with Crippen molar-refractivity contribution in [2.75, 3.05) is 20.7 Å². The van der Waals surface area contributed by atoms with Gasteiger partial charge in [0.2, 0.25) is 0 Å². The summed E-state index contributed by atoms with van der Waals surface area (Å²) >= 11 is 0.